The van der Waals surface area contributed by atoms with Gasteiger partial charge in [-0.25, -0.2) is 4.39 Å². The molecule has 1 fully saturated rings. The maximum absolute atomic E-state index is 14.1. The summed E-state index contributed by atoms with van der Waals surface area (Å²) in [5.41, 5.74) is 6.92. The third-order valence-electron chi connectivity index (χ3n) is 3.72. The summed E-state index contributed by atoms with van der Waals surface area (Å²) in [7, 11) is 0. The zero-order valence-electron chi connectivity index (χ0n) is 10.7. The minimum Gasteiger partial charge on any atom is -0.326 e. The van der Waals surface area contributed by atoms with Crippen LogP contribution >= 0.6 is 11.6 Å². The van der Waals surface area contributed by atoms with Crippen molar-refractivity contribution in [3.05, 3.63) is 34.6 Å². The predicted octanol–water partition coefficient (Wildman–Crippen LogP) is 3.35. The van der Waals surface area contributed by atoms with Crippen molar-refractivity contribution in [3.63, 3.8) is 0 Å². The Kier molecular flexibility index (Phi) is 4.60. The van der Waals surface area contributed by atoms with Crippen molar-refractivity contribution < 1.29 is 4.39 Å². The monoisotopic (exact) mass is 270 g/mol. The molecule has 0 radical (unpaired) electrons. The van der Waals surface area contributed by atoms with E-state index in [0.29, 0.717) is 10.6 Å². The first kappa shape index (κ1) is 13.8. The standard InChI is InChI=1S/C14H20ClFN2/c1-2-18-8-4-3-5-13(17)14(18)11-7-6-10(15)9-12(11)16/h6-7,9,13-14H,2-5,8,17H2,1H3. The highest BCUT2D eigenvalue weighted by Gasteiger charge is 2.29. The second kappa shape index (κ2) is 6.00. The highest BCUT2D eigenvalue weighted by molar-refractivity contribution is 6.30. The summed E-state index contributed by atoms with van der Waals surface area (Å²) in [5, 5.41) is 0.432. The summed E-state index contributed by atoms with van der Waals surface area (Å²) in [5.74, 6) is -0.247. The van der Waals surface area contributed by atoms with E-state index in [2.05, 4.69) is 11.8 Å². The Labute approximate surface area is 113 Å². The minimum atomic E-state index is -0.247. The molecule has 1 saturated heterocycles. The van der Waals surface area contributed by atoms with Gasteiger partial charge < -0.3 is 5.73 Å². The van der Waals surface area contributed by atoms with Crippen LogP contribution in [-0.4, -0.2) is 24.0 Å². The topological polar surface area (TPSA) is 29.3 Å². The Morgan fingerprint density at radius 3 is 2.89 bits per heavy atom. The molecule has 2 nitrogen and oxygen atoms in total. The van der Waals surface area contributed by atoms with E-state index in [0.717, 1.165) is 32.4 Å². The molecule has 0 aliphatic carbocycles. The van der Waals surface area contributed by atoms with E-state index in [9.17, 15) is 4.39 Å². The Bertz CT molecular complexity index is 411. The van der Waals surface area contributed by atoms with Gasteiger partial charge in [0.25, 0.3) is 0 Å². The average molecular weight is 271 g/mol. The van der Waals surface area contributed by atoms with Crippen LogP contribution in [0.5, 0.6) is 0 Å². The smallest absolute Gasteiger partial charge is 0.129 e. The molecule has 0 aromatic heterocycles. The molecule has 18 heavy (non-hydrogen) atoms. The highest BCUT2D eigenvalue weighted by atomic mass is 35.5. The van der Waals surface area contributed by atoms with Crippen LogP contribution in [-0.2, 0) is 0 Å². The molecule has 4 heteroatoms. The van der Waals surface area contributed by atoms with Gasteiger partial charge in [-0.15, -0.1) is 0 Å². The first-order valence-corrected chi connectivity index (χ1v) is 6.96. The summed E-state index contributed by atoms with van der Waals surface area (Å²) in [6.07, 6.45) is 3.19. The van der Waals surface area contributed by atoms with Crippen molar-refractivity contribution >= 4 is 11.6 Å². The van der Waals surface area contributed by atoms with Crippen LogP contribution in [0.25, 0.3) is 0 Å². The molecule has 1 aromatic carbocycles. The molecular weight excluding hydrogens is 251 g/mol. The largest absolute Gasteiger partial charge is 0.326 e. The molecule has 1 aliphatic heterocycles. The molecule has 2 N–H and O–H groups in total. The van der Waals surface area contributed by atoms with Gasteiger partial charge in [-0.2, -0.15) is 0 Å². The minimum absolute atomic E-state index is 0.0110. The van der Waals surface area contributed by atoms with Crippen LogP contribution in [0.4, 0.5) is 4.39 Å². The van der Waals surface area contributed by atoms with Crippen molar-refractivity contribution in [3.8, 4) is 0 Å². The zero-order valence-corrected chi connectivity index (χ0v) is 11.5. The third kappa shape index (κ3) is 2.85. The van der Waals surface area contributed by atoms with E-state index in [-0.39, 0.29) is 17.9 Å². The maximum atomic E-state index is 14.1. The fraction of sp³-hybridized carbons (Fsp3) is 0.571. The molecule has 0 saturated carbocycles. The molecule has 0 amide bonds. The van der Waals surface area contributed by atoms with Gasteiger partial charge in [0, 0.05) is 16.6 Å². The van der Waals surface area contributed by atoms with Crippen molar-refractivity contribution in [1.29, 1.82) is 0 Å². The van der Waals surface area contributed by atoms with Crippen LogP contribution in [0.3, 0.4) is 0 Å². The van der Waals surface area contributed by atoms with Gasteiger partial charge in [-0.3, -0.25) is 4.90 Å². The Morgan fingerprint density at radius 2 is 2.22 bits per heavy atom. The molecular formula is C14H20ClFN2. The van der Waals surface area contributed by atoms with Gasteiger partial charge in [0.15, 0.2) is 0 Å². The number of hydrogen-bond acceptors (Lipinski definition) is 2. The van der Waals surface area contributed by atoms with Crippen LogP contribution in [0.2, 0.25) is 5.02 Å². The quantitative estimate of drug-likeness (QED) is 0.893. The van der Waals surface area contributed by atoms with E-state index in [1.54, 1.807) is 12.1 Å². The van der Waals surface area contributed by atoms with Gasteiger partial charge >= 0.3 is 0 Å². The number of nitrogens with two attached hydrogens (primary N) is 1. The number of halogens is 2. The lowest BCUT2D eigenvalue weighted by molar-refractivity contribution is 0.191. The average Bonchev–Trinajstić information content (AvgIpc) is 2.51. The van der Waals surface area contributed by atoms with E-state index in [1.165, 1.54) is 6.07 Å². The van der Waals surface area contributed by atoms with Crippen LogP contribution in [0.1, 0.15) is 37.8 Å². The first-order chi connectivity index (χ1) is 8.63. The summed E-state index contributed by atoms with van der Waals surface area (Å²) >= 11 is 5.81. The van der Waals surface area contributed by atoms with E-state index in [4.69, 9.17) is 17.3 Å². The molecule has 1 aromatic rings. The van der Waals surface area contributed by atoms with Crippen LogP contribution in [0.15, 0.2) is 18.2 Å². The van der Waals surface area contributed by atoms with Gasteiger partial charge in [0.2, 0.25) is 0 Å². The van der Waals surface area contributed by atoms with Gasteiger partial charge in [0.1, 0.15) is 5.82 Å². The second-order valence-corrected chi connectivity index (χ2v) is 5.34. The number of likely N-dealkylation sites (N-methyl/N-ethyl adjacent to an activating group) is 1. The lowest BCUT2D eigenvalue weighted by Gasteiger charge is -2.33. The summed E-state index contributed by atoms with van der Waals surface area (Å²) in [6.45, 7) is 3.97. The van der Waals surface area contributed by atoms with Crippen LogP contribution in [0, 0.1) is 5.82 Å². The van der Waals surface area contributed by atoms with Crippen molar-refractivity contribution in [2.75, 3.05) is 13.1 Å². The van der Waals surface area contributed by atoms with E-state index >= 15 is 0 Å². The Hall–Kier alpha value is -0.640. The first-order valence-electron chi connectivity index (χ1n) is 6.58. The summed E-state index contributed by atoms with van der Waals surface area (Å²) in [4.78, 5) is 2.27. The number of benzene rings is 1. The van der Waals surface area contributed by atoms with Gasteiger partial charge in [-0.1, -0.05) is 31.0 Å². The van der Waals surface area contributed by atoms with Crippen molar-refractivity contribution in [2.24, 2.45) is 5.73 Å². The number of likely N-dealkylation sites (tertiary alicyclic amines) is 1. The fourth-order valence-corrected chi connectivity index (χ4v) is 2.94. The molecule has 100 valence electrons. The Balaban J connectivity index is 2.36. The number of nitrogens with zero attached hydrogens (tertiary/aromatic N) is 1. The molecule has 2 atom stereocenters. The van der Waals surface area contributed by atoms with Crippen LogP contribution < -0.4 is 5.73 Å². The van der Waals surface area contributed by atoms with Gasteiger partial charge in [-0.05, 0) is 38.1 Å². The molecule has 0 bridgehead atoms. The van der Waals surface area contributed by atoms with Gasteiger partial charge in [0.05, 0.1) is 6.04 Å². The zero-order chi connectivity index (χ0) is 13.1. The van der Waals surface area contributed by atoms with E-state index < -0.39 is 0 Å². The summed E-state index contributed by atoms with van der Waals surface area (Å²) in [6, 6.07) is 4.85. The maximum Gasteiger partial charge on any atom is 0.129 e. The summed E-state index contributed by atoms with van der Waals surface area (Å²) < 4.78 is 14.1. The molecule has 1 aliphatic rings. The molecule has 2 unspecified atom stereocenters. The predicted molar refractivity (Wildman–Crippen MR) is 73.2 cm³/mol. The fourth-order valence-electron chi connectivity index (χ4n) is 2.79. The normalized spacial score (nSPS) is 26.0. The SMILES string of the molecule is CCN1CCCCC(N)C1c1ccc(Cl)cc1F. The molecule has 0 spiro atoms. The van der Waals surface area contributed by atoms with Crippen molar-refractivity contribution in [1.82, 2.24) is 4.90 Å². The second-order valence-electron chi connectivity index (χ2n) is 4.90. The lowest BCUT2D eigenvalue weighted by atomic mass is 9.96. The third-order valence-corrected chi connectivity index (χ3v) is 3.95. The number of rotatable bonds is 2. The number of hydrogen-bond donors (Lipinski definition) is 1. The molecule has 2 rings (SSSR count). The Morgan fingerprint density at radius 1 is 1.44 bits per heavy atom. The molecule has 1 heterocycles. The highest BCUT2D eigenvalue weighted by Crippen LogP contribution is 2.31. The van der Waals surface area contributed by atoms with Crippen molar-refractivity contribution in [2.45, 2.75) is 38.3 Å². The lowest BCUT2D eigenvalue weighted by Crippen LogP contribution is -2.40. The van der Waals surface area contributed by atoms with E-state index in [1.807, 2.05) is 0 Å².